The molecule has 0 fully saturated rings. The van der Waals surface area contributed by atoms with Crippen LogP contribution in [0.1, 0.15) is 174 Å². The van der Waals surface area contributed by atoms with Gasteiger partial charge in [0.15, 0.2) is 0 Å². The highest BCUT2D eigenvalue weighted by Gasteiger charge is 2.07. The number of hydrogen-bond donors (Lipinski definition) is 0. The fourth-order valence-electron chi connectivity index (χ4n) is 5.93. The number of ether oxygens (including phenoxy) is 4. The second-order valence-electron chi connectivity index (χ2n) is 14.8. The summed E-state index contributed by atoms with van der Waals surface area (Å²) in [5.41, 5.74) is 1.12. The van der Waals surface area contributed by atoms with Crippen molar-refractivity contribution in [3.63, 3.8) is 0 Å². The number of esters is 2. The molecule has 7 nitrogen and oxygen atoms in total. The molecule has 0 unspecified atom stereocenters. The topological polar surface area (TPSA) is 74.3 Å². The van der Waals surface area contributed by atoms with Crippen LogP contribution in [0.15, 0.2) is 54.7 Å². The lowest BCUT2D eigenvalue weighted by Gasteiger charge is -2.15. The molecule has 0 aliphatic carbocycles. The summed E-state index contributed by atoms with van der Waals surface area (Å²) < 4.78 is 23.0. The number of rotatable bonds is 37. The predicted octanol–water partition coefficient (Wildman–Crippen LogP) is 12.7. The second kappa shape index (κ2) is 36.9. The molecule has 0 heterocycles. The maximum absolute atomic E-state index is 12.2. The lowest BCUT2D eigenvalue weighted by atomic mass is 10.1. The first-order valence-corrected chi connectivity index (χ1v) is 21.7. The smallest absolute Gasteiger partial charge is 0.305 e. The van der Waals surface area contributed by atoms with Gasteiger partial charge in [0, 0.05) is 25.5 Å². The van der Waals surface area contributed by atoms with Crippen molar-refractivity contribution in [2.45, 2.75) is 174 Å². The van der Waals surface area contributed by atoms with Gasteiger partial charge >= 0.3 is 11.9 Å². The third-order valence-electron chi connectivity index (χ3n) is 9.03. The molecular formula is C47H79NO6. The largest absolute Gasteiger partial charge is 0.493 e. The number of unbranched alkanes of at least 4 members (excludes halogenated alkanes) is 15. The molecule has 0 saturated carbocycles. The minimum atomic E-state index is -0.0949. The van der Waals surface area contributed by atoms with Gasteiger partial charge in [-0.3, -0.25) is 9.59 Å². The van der Waals surface area contributed by atoms with Crippen molar-refractivity contribution >= 4 is 11.9 Å². The Bertz CT molecular complexity index is 1130. The molecule has 54 heavy (non-hydrogen) atoms. The van der Waals surface area contributed by atoms with Gasteiger partial charge in [0.1, 0.15) is 11.5 Å². The molecule has 1 rings (SSSR count). The van der Waals surface area contributed by atoms with E-state index in [1.807, 2.05) is 20.2 Å². The highest BCUT2D eigenvalue weighted by Crippen LogP contribution is 2.24. The van der Waals surface area contributed by atoms with Gasteiger partial charge in [0.25, 0.3) is 0 Å². The normalized spacial score (nSPS) is 11.7. The van der Waals surface area contributed by atoms with Gasteiger partial charge < -0.3 is 23.8 Å². The van der Waals surface area contributed by atoms with Crippen molar-refractivity contribution in [3.05, 3.63) is 60.2 Å². The molecule has 1 aromatic carbocycles. The second-order valence-corrected chi connectivity index (χ2v) is 14.8. The van der Waals surface area contributed by atoms with Crippen molar-refractivity contribution in [2.24, 2.45) is 0 Å². The Kier molecular flexibility index (Phi) is 33.4. The van der Waals surface area contributed by atoms with E-state index in [1.165, 1.54) is 64.2 Å². The summed E-state index contributed by atoms with van der Waals surface area (Å²) in [7, 11) is 4.08. The Morgan fingerprint density at radius 3 is 1.44 bits per heavy atom. The summed E-state index contributed by atoms with van der Waals surface area (Å²) in [6.07, 6.45) is 38.6. The fourth-order valence-corrected chi connectivity index (χ4v) is 5.93. The van der Waals surface area contributed by atoms with Crippen molar-refractivity contribution < 1.29 is 28.5 Å². The molecule has 0 bridgehead atoms. The van der Waals surface area contributed by atoms with E-state index in [-0.39, 0.29) is 11.9 Å². The molecule has 0 radical (unpaired) electrons. The van der Waals surface area contributed by atoms with Crippen molar-refractivity contribution in [1.82, 2.24) is 4.90 Å². The number of carbonyl (C=O) groups excluding carboxylic acids is 2. The van der Waals surface area contributed by atoms with Crippen molar-refractivity contribution in [2.75, 3.05) is 40.5 Å². The number of carbonyl (C=O) groups is 2. The number of benzene rings is 1. The maximum atomic E-state index is 12.2. The summed E-state index contributed by atoms with van der Waals surface area (Å²) in [5, 5.41) is 0. The lowest BCUT2D eigenvalue weighted by Crippen LogP contribution is -2.11. The van der Waals surface area contributed by atoms with Crippen LogP contribution in [-0.4, -0.2) is 57.4 Å². The Hall–Kier alpha value is -3.06. The first-order chi connectivity index (χ1) is 26.4. The molecule has 7 heteroatoms. The SMILES string of the molecule is CCC/C=C\CCCCCCC(=O)OCCCCOc1cc(CN(C)C)cc(OCCCCOC(=O)CCCCCCCC=CC/C=C\CCCCC)c1. The molecule has 0 N–H and O–H groups in total. The third-order valence-corrected chi connectivity index (χ3v) is 9.03. The average Bonchev–Trinajstić information content (AvgIpc) is 3.15. The highest BCUT2D eigenvalue weighted by molar-refractivity contribution is 5.69. The molecule has 0 aromatic heterocycles. The van der Waals surface area contributed by atoms with E-state index in [4.69, 9.17) is 18.9 Å². The van der Waals surface area contributed by atoms with E-state index in [0.29, 0.717) is 39.3 Å². The first-order valence-electron chi connectivity index (χ1n) is 21.7. The van der Waals surface area contributed by atoms with Crippen LogP contribution >= 0.6 is 0 Å². The molecule has 0 amide bonds. The van der Waals surface area contributed by atoms with E-state index < -0.39 is 0 Å². The minimum Gasteiger partial charge on any atom is -0.493 e. The summed E-state index contributed by atoms with van der Waals surface area (Å²) in [6.45, 7) is 7.19. The molecular weight excluding hydrogens is 675 g/mol. The van der Waals surface area contributed by atoms with E-state index in [9.17, 15) is 9.59 Å². The summed E-state index contributed by atoms with van der Waals surface area (Å²) in [6, 6.07) is 6.05. The van der Waals surface area contributed by atoms with Gasteiger partial charge in [0.05, 0.1) is 26.4 Å². The van der Waals surface area contributed by atoms with Crippen LogP contribution in [0.2, 0.25) is 0 Å². The number of nitrogens with zero attached hydrogens (tertiary/aromatic N) is 1. The average molecular weight is 754 g/mol. The third kappa shape index (κ3) is 32.4. The minimum absolute atomic E-state index is 0.0924. The quantitative estimate of drug-likeness (QED) is 0.0380. The Labute approximate surface area is 331 Å². The summed E-state index contributed by atoms with van der Waals surface area (Å²) in [5.74, 6) is 1.38. The standard InChI is InChI=1S/C47H79NO6/c1-5-7-9-11-13-15-16-17-18-19-20-22-24-26-28-34-47(50)54-38-32-30-36-52-45-40-43(42-48(3)4)39-44(41-45)51-35-29-31-37-53-46(49)33-27-25-23-21-14-12-10-8-6-2/h10,12-13,15,17-18,39-41H,5-9,11,14,16,19-38,42H2,1-4H3/b12-10-,15-13-,18-17?. The maximum Gasteiger partial charge on any atom is 0.305 e. The van der Waals surface area contributed by atoms with Crippen LogP contribution in [0, 0.1) is 0 Å². The van der Waals surface area contributed by atoms with Crippen LogP contribution in [0.4, 0.5) is 0 Å². The van der Waals surface area contributed by atoms with Gasteiger partial charge in [-0.2, -0.15) is 0 Å². The monoisotopic (exact) mass is 754 g/mol. The fraction of sp³-hybridized carbons (Fsp3) is 0.702. The van der Waals surface area contributed by atoms with Crippen LogP contribution < -0.4 is 9.47 Å². The molecule has 308 valence electrons. The van der Waals surface area contributed by atoms with Crippen LogP contribution in [-0.2, 0) is 25.6 Å². The molecule has 1 aromatic rings. The van der Waals surface area contributed by atoms with Gasteiger partial charge in [-0.15, -0.1) is 0 Å². The van der Waals surface area contributed by atoms with E-state index >= 15 is 0 Å². The zero-order valence-electron chi connectivity index (χ0n) is 35.1. The molecule has 0 aliphatic heterocycles. The van der Waals surface area contributed by atoms with Crippen molar-refractivity contribution in [3.8, 4) is 11.5 Å². The summed E-state index contributed by atoms with van der Waals surface area (Å²) >= 11 is 0. The van der Waals surface area contributed by atoms with Crippen molar-refractivity contribution in [1.29, 1.82) is 0 Å². The number of allylic oxidation sites excluding steroid dienone is 6. The Morgan fingerprint density at radius 1 is 0.500 bits per heavy atom. The predicted molar refractivity (Wildman–Crippen MR) is 226 cm³/mol. The zero-order chi connectivity index (χ0) is 39.2. The van der Waals surface area contributed by atoms with Gasteiger partial charge in [0.2, 0.25) is 0 Å². The van der Waals surface area contributed by atoms with E-state index in [2.05, 4.69) is 67.3 Å². The van der Waals surface area contributed by atoms with Crippen LogP contribution in [0.25, 0.3) is 0 Å². The van der Waals surface area contributed by atoms with Gasteiger partial charge in [-0.1, -0.05) is 102 Å². The summed E-state index contributed by atoms with van der Waals surface area (Å²) in [4.78, 5) is 26.3. The van der Waals surface area contributed by atoms with E-state index in [1.54, 1.807) is 0 Å². The Balaban J connectivity index is 2.13. The molecule has 0 spiro atoms. The van der Waals surface area contributed by atoms with Crippen LogP contribution in [0.3, 0.4) is 0 Å². The molecule has 0 saturated heterocycles. The van der Waals surface area contributed by atoms with E-state index in [0.717, 1.165) is 101 Å². The highest BCUT2D eigenvalue weighted by atomic mass is 16.5. The number of hydrogen-bond acceptors (Lipinski definition) is 7. The molecule has 0 aliphatic rings. The Morgan fingerprint density at radius 2 is 0.944 bits per heavy atom. The first kappa shape index (κ1) is 49.0. The van der Waals surface area contributed by atoms with Gasteiger partial charge in [-0.25, -0.2) is 0 Å². The zero-order valence-corrected chi connectivity index (χ0v) is 35.1. The van der Waals surface area contributed by atoms with Crippen LogP contribution in [0.5, 0.6) is 11.5 Å². The van der Waals surface area contributed by atoms with Gasteiger partial charge in [-0.05, 0) is 122 Å². The molecule has 0 atom stereocenters. The lowest BCUT2D eigenvalue weighted by molar-refractivity contribution is -0.144.